The van der Waals surface area contributed by atoms with Crippen molar-refractivity contribution in [2.45, 2.75) is 87.2 Å². The summed E-state index contributed by atoms with van der Waals surface area (Å²) in [5, 5.41) is 42.6. The summed E-state index contributed by atoms with van der Waals surface area (Å²) in [6.45, 7) is 6.29. The first kappa shape index (κ1) is 22.6. The van der Waals surface area contributed by atoms with E-state index in [-0.39, 0.29) is 12.5 Å². The molecule has 1 aromatic rings. The molecule has 11 atom stereocenters. The third-order valence-electron chi connectivity index (χ3n) is 9.18. The summed E-state index contributed by atoms with van der Waals surface area (Å²) < 4.78 is 23.4. The Hall–Kier alpha value is -1.82. The van der Waals surface area contributed by atoms with E-state index < -0.39 is 83.1 Å². The van der Waals surface area contributed by atoms with Crippen molar-refractivity contribution in [2.75, 3.05) is 13.2 Å². The van der Waals surface area contributed by atoms with Crippen molar-refractivity contribution in [1.82, 2.24) is 0 Å². The molecule has 5 aliphatic rings. The van der Waals surface area contributed by atoms with Gasteiger partial charge in [-0.3, -0.25) is 4.79 Å². The number of hydrogen-bond acceptors (Lipinski definition) is 10. The maximum atomic E-state index is 13.3. The molecule has 0 aromatic carbocycles. The molecule has 1 saturated carbocycles. The van der Waals surface area contributed by atoms with Crippen LogP contribution >= 0.6 is 0 Å². The summed E-state index contributed by atoms with van der Waals surface area (Å²) in [6.07, 6.45) is -5.48. The summed E-state index contributed by atoms with van der Waals surface area (Å²) in [7, 11) is 0. The Morgan fingerprint density at radius 3 is 2.41 bits per heavy atom. The van der Waals surface area contributed by atoms with E-state index in [1.165, 1.54) is 6.07 Å². The van der Waals surface area contributed by atoms with Crippen molar-refractivity contribution in [3.05, 3.63) is 33.4 Å². The number of aliphatic hydroxyl groups excluding tert-OH is 3. The van der Waals surface area contributed by atoms with E-state index in [0.29, 0.717) is 16.9 Å². The molecule has 0 unspecified atom stereocenters. The molecule has 0 bridgehead atoms. The van der Waals surface area contributed by atoms with E-state index in [4.69, 9.17) is 18.6 Å². The summed E-state index contributed by atoms with van der Waals surface area (Å²) in [5.74, 6) is -1.82. The predicted octanol–water partition coefficient (Wildman–Crippen LogP) is -0.709. The molecule has 34 heavy (non-hydrogen) atoms. The van der Waals surface area contributed by atoms with Gasteiger partial charge in [-0.2, -0.15) is 0 Å². The summed E-state index contributed by atoms with van der Waals surface area (Å²) >= 11 is 0. The SMILES string of the molecule is CC(C)c1oc(=O)cc2c1[C@@H]([C@@H]1OC[C@](O)(CO)[C@H]1O)[C@H]1OC(=O)[C@@]3(C)[C@@H](O)[C@H]4O[C@H]4[C@@]2(C)[C@@H]13. The zero-order valence-corrected chi connectivity index (χ0v) is 19.4. The highest BCUT2D eigenvalue weighted by molar-refractivity contribution is 5.82. The summed E-state index contributed by atoms with van der Waals surface area (Å²) in [5.41, 5.74) is -3.38. The van der Waals surface area contributed by atoms with Crippen molar-refractivity contribution in [1.29, 1.82) is 0 Å². The van der Waals surface area contributed by atoms with Crippen LogP contribution in [0.3, 0.4) is 0 Å². The Morgan fingerprint density at radius 2 is 1.79 bits per heavy atom. The zero-order valence-electron chi connectivity index (χ0n) is 19.4. The monoisotopic (exact) mass is 478 g/mol. The van der Waals surface area contributed by atoms with E-state index in [2.05, 4.69) is 0 Å². The molecular weight excluding hydrogens is 448 g/mol. The van der Waals surface area contributed by atoms with E-state index in [1.807, 2.05) is 20.8 Å². The largest absolute Gasteiger partial charge is 0.461 e. The van der Waals surface area contributed by atoms with Gasteiger partial charge >= 0.3 is 11.6 Å². The molecule has 3 aliphatic heterocycles. The molecule has 0 radical (unpaired) electrons. The van der Waals surface area contributed by atoms with Crippen LogP contribution in [0.1, 0.15) is 56.4 Å². The Kier molecular flexibility index (Phi) is 4.45. The molecule has 1 aromatic heterocycles. The van der Waals surface area contributed by atoms with Gasteiger partial charge in [0.25, 0.3) is 0 Å². The molecule has 0 spiro atoms. The molecule has 4 heterocycles. The molecule has 6 rings (SSSR count). The fraction of sp³-hybridized carbons (Fsp3) is 0.750. The van der Waals surface area contributed by atoms with Crippen LogP contribution in [0.2, 0.25) is 0 Å². The molecule has 4 N–H and O–H groups in total. The average Bonchev–Trinajstić information content (AvgIpc) is 3.48. The van der Waals surface area contributed by atoms with Crippen LogP contribution in [-0.4, -0.2) is 81.8 Å². The lowest BCUT2D eigenvalue weighted by molar-refractivity contribution is -0.155. The second-order valence-corrected chi connectivity index (χ2v) is 11.3. The van der Waals surface area contributed by atoms with E-state index >= 15 is 0 Å². The lowest BCUT2D eigenvalue weighted by Gasteiger charge is -2.53. The van der Waals surface area contributed by atoms with Crippen molar-refractivity contribution < 1.29 is 43.8 Å². The zero-order chi connectivity index (χ0) is 24.5. The smallest absolute Gasteiger partial charge is 0.336 e. The molecule has 2 aliphatic carbocycles. The number of aliphatic hydroxyl groups is 4. The second kappa shape index (κ2) is 6.68. The van der Waals surface area contributed by atoms with Crippen molar-refractivity contribution in [3.8, 4) is 0 Å². The van der Waals surface area contributed by atoms with Gasteiger partial charge in [-0.1, -0.05) is 20.8 Å². The van der Waals surface area contributed by atoms with Gasteiger partial charge in [-0.15, -0.1) is 0 Å². The molecule has 186 valence electrons. The fourth-order valence-corrected chi connectivity index (χ4v) is 7.44. The van der Waals surface area contributed by atoms with Gasteiger partial charge in [0.1, 0.15) is 35.1 Å². The van der Waals surface area contributed by atoms with Crippen molar-refractivity contribution in [2.24, 2.45) is 11.3 Å². The highest BCUT2D eigenvalue weighted by atomic mass is 16.6. The number of hydrogen-bond donors (Lipinski definition) is 4. The van der Waals surface area contributed by atoms with Crippen LogP contribution in [0.4, 0.5) is 0 Å². The minimum absolute atomic E-state index is 0.228. The second-order valence-electron chi connectivity index (χ2n) is 11.3. The summed E-state index contributed by atoms with van der Waals surface area (Å²) in [4.78, 5) is 26.1. The Labute approximate surface area is 195 Å². The Balaban J connectivity index is 1.64. The van der Waals surface area contributed by atoms with Crippen LogP contribution in [-0.2, 0) is 24.4 Å². The van der Waals surface area contributed by atoms with Crippen molar-refractivity contribution in [3.63, 3.8) is 0 Å². The lowest BCUT2D eigenvalue weighted by Crippen LogP contribution is -2.64. The first-order valence-electron chi connectivity index (χ1n) is 11.8. The first-order chi connectivity index (χ1) is 15.9. The van der Waals surface area contributed by atoms with E-state index in [1.54, 1.807) is 6.92 Å². The molecule has 10 heteroatoms. The van der Waals surface area contributed by atoms with E-state index in [9.17, 15) is 30.0 Å². The quantitative estimate of drug-likeness (QED) is 0.323. The van der Waals surface area contributed by atoms with Crippen LogP contribution in [0.5, 0.6) is 0 Å². The number of esters is 1. The normalized spacial score (nSPS) is 50.6. The molecule has 4 fully saturated rings. The van der Waals surface area contributed by atoms with Crippen molar-refractivity contribution >= 4 is 5.97 Å². The minimum atomic E-state index is -1.89. The molecule has 3 saturated heterocycles. The van der Waals surface area contributed by atoms with Crippen LogP contribution in [0.15, 0.2) is 15.3 Å². The van der Waals surface area contributed by atoms with Crippen LogP contribution in [0.25, 0.3) is 0 Å². The fourth-order valence-electron chi connectivity index (χ4n) is 7.44. The Bertz CT molecular complexity index is 1130. The topological polar surface area (TPSA) is 159 Å². The highest BCUT2D eigenvalue weighted by Crippen LogP contribution is 2.69. The van der Waals surface area contributed by atoms with Gasteiger partial charge in [0.2, 0.25) is 0 Å². The molecule has 0 amide bonds. The standard InChI is InChI=1S/C24H30O10/c1-8(2)13-11-9(5-10(26)32-13)22(3)17-14(12(11)15-19(28)24(30,6-25)7-31-15)34-21(29)23(17,4)18(27)16-20(22)33-16/h5,8,12,14-20,25,27-28,30H,6-7H2,1-4H3/t12-,14-,15+,16-,17-,18+,19+,20-,22-,23-,24-/m1/s1. The van der Waals surface area contributed by atoms with E-state index in [0.717, 1.165) is 0 Å². The van der Waals surface area contributed by atoms with Gasteiger partial charge in [0.05, 0.1) is 37.4 Å². The first-order valence-corrected chi connectivity index (χ1v) is 11.8. The maximum absolute atomic E-state index is 13.3. The third kappa shape index (κ3) is 2.41. The molecular formula is C24H30O10. The Morgan fingerprint density at radius 1 is 1.09 bits per heavy atom. The summed E-state index contributed by atoms with van der Waals surface area (Å²) in [6, 6.07) is 1.41. The van der Waals surface area contributed by atoms with Crippen LogP contribution < -0.4 is 5.63 Å². The van der Waals surface area contributed by atoms with Gasteiger partial charge in [0, 0.05) is 28.9 Å². The number of carbonyl (C=O) groups excluding carboxylic acids is 1. The lowest BCUT2D eigenvalue weighted by atomic mass is 9.47. The third-order valence-corrected chi connectivity index (χ3v) is 9.18. The van der Waals surface area contributed by atoms with Gasteiger partial charge in [0.15, 0.2) is 0 Å². The predicted molar refractivity (Wildman–Crippen MR) is 113 cm³/mol. The van der Waals surface area contributed by atoms with Gasteiger partial charge < -0.3 is 39.1 Å². The number of rotatable bonds is 3. The maximum Gasteiger partial charge on any atom is 0.336 e. The highest BCUT2D eigenvalue weighted by Gasteiger charge is 2.80. The number of epoxide rings is 1. The minimum Gasteiger partial charge on any atom is -0.461 e. The van der Waals surface area contributed by atoms with Gasteiger partial charge in [-0.05, 0) is 12.5 Å². The number of ether oxygens (including phenoxy) is 3. The van der Waals surface area contributed by atoms with Gasteiger partial charge in [-0.25, -0.2) is 4.79 Å². The number of carbonyl (C=O) groups is 1. The average molecular weight is 478 g/mol. The number of fused-ring (bicyclic) bond motifs is 4. The van der Waals surface area contributed by atoms with Crippen LogP contribution in [0, 0.1) is 11.3 Å². The molecule has 10 nitrogen and oxygen atoms in total.